The second kappa shape index (κ2) is 3.35. The summed E-state index contributed by atoms with van der Waals surface area (Å²) >= 11 is 0. The van der Waals surface area contributed by atoms with E-state index in [-0.39, 0.29) is 0 Å². The van der Waals surface area contributed by atoms with Gasteiger partial charge in [0.15, 0.2) is 6.19 Å². The molecule has 0 amide bonds. The van der Waals surface area contributed by atoms with Gasteiger partial charge in [0.1, 0.15) is 0 Å². The lowest BCUT2D eigenvalue weighted by atomic mass is 9.76. The monoisotopic (exact) mass is 166 g/mol. The minimum Gasteiger partial charge on any atom is -0.310 e. The molecule has 2 heteroatoms. The summed E-state index contributed by atoms with van der Waals surface area (Å²) in [5.41, 5.74) is 0.357. The summed E-state index contributed by atoms with van der Waals surface area (Å²) in [4.78, 5) is 1.89. The third-order valence-electron chi connectivity index (χ3n) is 2.79. The van der Waals surface area contributed by atoms with Crippen molar-refractivity contribution in [3.05, 3.63) is 0 Å². The molecule has 1 rings (SSSR count). The van der Waals surface area contributed by atoms with E-state index in [1.165, 1.54) is 12.8 Å². The number of rotatable bonds is 0. The Labute approximate surface area is 75.2 Å². The maximum atomic E-state index is 8.75. The van der Waals surface area contributed by atoms with Gasteiger partial charge in [-0.1, -0.05) is 20.8 Å². The summed E-state index contributed by atoms with van der Waals surface area (Å²) in [6.07, 6.45) is 4.69. The van der Waals surface area contributed by atoms with Crippen molar-refractivity contribution in [2.24, 2.45) is 11.3 Å². The SMILES string of the molecule is CC(C)(C)C1CCCN(C#N)C1. The molecule has 0 spiro atoms. The van der Waals surface area contributed by atoms with Crippen LogP contribution in [0.5, 0.6) is 0 Å². The van der Waals surface area contributed by atoms with E-state index in [1.807, 2.05) is 4.90 Å². The van der Waals surface area contributed by atoms with Crippen molar-refractivity contribution < 1.29 is 0 Å². The van der Waals surface area contributed by atoms with Gasteiger partial charge in [0, 0.05) is 13.1 Å². The van der Waals surface area contributed by atoms with Gasteiger partial charge in [0.25, 0.3) is 0 Å². The number of piperidine rings is 1. The van der Waals surface area contributed by atoms with E-state index in [9.17, 15) is 0 Å². The molecule has 12 heavy (non-hydrogen) atoms. The Kier molecular flexibility index (Phi) is 2.62. The van der Waals surface area contributed by atoms with E-state index in [1.54, 1.807) is 0 Å². The molecule has 1 saturated heterocycles. The van der Waals surface area contributed by atoms with Gasteiger partial charge < -0.3 is 4.90 Å². The molecule has 1 aliphatic heterocycles. The van der Waals surface area contributed by atoms with Crippen LogP contribution in [0.25, 0.3) is 0 Å². The molecule has 1 heterocycles. The Balaban J connectivity index is 2.53. The predicted molar refractivity (Wildman–Crippen MR) is 49.4 cm³/mol. The van der Waals surface area contributed by atoms with Gasteiger partial charge in [-0.2, -0.15) is 5.26 Å². The number of nitrogens with zero attached hydrogens (tertiary/aromatic N) is 2. The number of hydrogen-bond acceptors (Lipinski definition) is 2. The quantitative estimate of drug-likeness (QED) is 0.516. The van der Waals surface area contributed by atoms with Crippen LogP contribution in [0.3, 0.4) is 0 Å². The highest BCUT2D eigenvalue weighted by molar-refractivity contribution is 4.86. The zero-order valence-corrected chi connectivity index (χ0v) is 8.30. The topological polar surface area (TPSA) is 27.0 Å². The lowest BCUT2D eigenvalue weighted by Crippen LogP contribution is -2.37. The number of likely N-dealkylation sites (tertiary alicyclic amines) is 1. The average Bonchev–Trinajstić information content (AvgIpc) is 2.03. The third kappa shape index (κ3) is 2.14. The van der Waals surface area contributed by atoms with Crippen molar-refractivity contribution in [3.63, 3.8) is 0 Å². The largest absolute Gasteiger partial charge is 0.310 e. The van der Waals surface area contributed by atoms with E-state index in [4.69, 9.17) is 5.26 Å². The van der Waals surface area contributed by atoms with E-state index in [0.717, 1.165) is 13.1 Å². The fourth-order valence-electron chi connectivity index (χ4n) is 1.77. The molecule has 0 saturated carbocycles. The molecule has 1 atom stereocenters. The molecular formula is C10H18N2. The second-order valence-electron chi connectivity index (χ2n) is 4.75. The van der Waals surface area contributed by atoms with Crippen molar-refractivity contribution >= 4 is 0 Å². The maximum absolute atomic E-state index is 8.75. The first-order chi connectivity index (χ1) is 5.54. The molecule has 0 N–H and O–H groups in total. The Morgan fingerprint density at radius 2 is 2.08 bits per heavy atom. The van der Waals surface area contributed by atoms with Crippen LogP contribution in [-0.4, -0.2) is 18.0 Å². The third-order valence-corrected chi connectivity index (χ3v) is 2.79. The maximum Gasteiger partial charge on any atom is 0.179 e. The van der Waals surface area contributed by atoms with Crippen LogP contribution >= 0.6 is 0 Å². The molecule has 0 radical (unpaired) electrons. The highest BCUT2D eigenvalue weighted by atomic mass is 15.1. The van der Waals surface area contributed by atoms with Gasteiger partial charge in [0.2, 0.25) is 0 Å². The first-order valence-corrected chi connectivity index (χ1v) is 4.68. The Morgan fingerprint density at radius 1 is 1.42 bits per heavy atom. The van der Waals surface area contributed by atoms with Crippen LogP contribution in [-0.2, 0) is 0 Å². The highest BCUT2D eigenvalue weighted by Crippen LogP contribution is 2.32. The summed E-state index contributed by atoms with van der Waals surface area (Å²) < 4.78 is 0. The van der Waals surface area contributed by atoms with Gasteiger partial charge in [-0.05, 0) is 24.2 Å². The summed E-state index contributed by atoms with van der Waals surface area (Å²) in [6.45, 7) is 8.71. The Bertz CT molecular complexity index is 185. The van der Waals surface area contributed by atoms with Gasteiger partial charge in [0.05, 0.1) is 0 Å². The van der Waals surface area contributed by atoms with Gasteiger partial charge >= 0.3 is 0 Å². The lowest BCUT2D eigenvalue weighted by Gasteiger charge is -2.37. The molecule has 1 aliphatic rings. The smallest absolute Gasteiger partial charge is 0.179 e. The molecular weight excluding hydrogens is 148 g/mol. The van der Waals surface area contributed by atoms with Crippen molar-refractivity contribution in [2.45, 2.75) is 33.6 Å². The van der Waals surface area contributed by atoms with Crippen LogP contribution < -0.4 is 0 Å². The fourth-order valence-corrected chi connectivity index (χ4v) is 1.77. The van der Waals surface area contributed by atoms with Crippen molar-refractivity contribution in [1.29, 1.82) is 5.26 Å². The van der Waals surface area contributed by atoms with E-state index < -0.39 is 0 Å². The molecule has 68 valence electrons. The van der Waals surface area contributed by atoms with Crippen molar-refractivity contribution in [2.75, 3.05) is 13.1 Å². The van der Waals surface area contributed by atoms with Crippen LogP contribution in [0.15, 0.2) is 0 Å². The standard InChI is InChI=1S/C10H18N2/c1-10(2,3)9-5-4-6-12(7-9)8-11/h9H,4-7H2,1-3H3. The molecule has 0 aromatic rings. The van der Waals surface area contributed by atoms with Gasteiger partial charge in [-0.15, -0.1) is 0 Å². The molecule has 1 fully saturated rings. The highest BCUT2D eigenvalue weighted by Gasteiger charge is 2.28. The summed E-state index contributed by atoms with van der Waals surface area (Å²) in [5, 5.41) is 8.75. The van der Waals surface area contributed by atoms with E-state index in [2.05, 4.69) is 27.0 Å². The van der Waals surface area contributed by atoms with Crippen molar-refractivity contribution in [1.82, 2.24) is 4.90 Å². The normalized spacial score (nSPS) is 25.2. The molecule has 0 bridgehead atoms. The summed E-state index contributed by atoms with van der Waals surface area (Å²) in [6, 6.07) is 0. The predicted octanol–water partition coefficient (Wildman–Crippen LogP) is 2.23. The van der Waals surface area contributed by atoms with Crippen LogP contribution in [0.2, 0.25) is 0 Å². The fraction of sp³-hybridized carbons (Fsp3) is 0.900. The molecule has 0 aromatic heterocycles. The average molecular weight is 166 g/mol. The van der Waals surface area contributed by atoms with Crippen LogP contribution in [0, 0.1) is 22.8 Å². The van der Waals surface area contributed by atoms with Gasteiger partial charge in [-0.3, -0.25) is 0 Å². The molecule has 1 unspecified atom stereocenters. The minimum atomic E-state index is 0.357. The number of nitriles is 1. The Hall–Kier alpha value is -0.710. The summed E-state index contributed by atoms with van der Waals surface area (Å²) in [7, 11) is 0. The minimum absolute atomic E-state index is 0.357. The van der Waals surface area contributed by atoms with E-state index >= 15 is 0 Å². The van der Waals surface area contributed by atoms with E-state index in [0.29, 0.717) is 11.3 Å². The lowest BCUT2D eigenvalue weighted by molar-refractivity contribution is 0.135. The Morgan fingerprint density at radius 3 is 2.58 bits per heavy atom. The summed E-state index contributed by atoms with van der Waals surface area (Å²) in [5.74, 6) is 0.686. The van der Waals surface area contributed by atoms with Crippen molar-refractivity contribution in [3.8, 4) is 6.19 Å². The number of hydrogen-bond donors (Lipinski definition) is 0. The zero-order valence-electron chi connectivity index (χ0n) is 8.30. The first kappa shape index (κ1) is 9.38. The van der Waals surface area contributed by atoms with Crippen LogP contribution in [0.1, 0.15) is 33.6 Å². The second-order valence-corrected chi connectivity index (χ2v) is 4.75. The van der Waals surface area contributed by atoms with Gasteiger partial charge in [-0.25, -0.2) is 0 Å². The zero-order chi connectivity index (χ0) is 9.19. The first-order valence-electron chi connectivity index (χ1n) is 4.68. The molecule has 0 aromatic carbocycles. The molecule has 0 aliphatic carbocycles. The van der Waals surface area contributed by atoms with Crippen LogP contribution in [0.4, 0.5) is 0 Å². The molecule has 2 nitrogen and oxygen atoms in total.